The zero-order valence-electron chi connectivity index (χ0n) is 25.7. The van der Waals surface area contributed by atoms with Crippen molar-refractivity contribution in [3.8, 4) is 0 Å². The Kier molecular flexibility index (Phi) is 28.9. The summed E-state index contributed by atoms with van der Waals surface area (Å²) < 4.78 is 16.7. The third kappa shape index (κ3) is 21.5. The molecule has 0 aliphatic rings. The van der Waals surface area contributed by atoms with Gasteiger partial charge in [0.25, 0.3) is 0 Å². The molecule has 0 amide bonds. The molecule has 9 nitrogen and oxygen atoms in total. The van der Waals surface area contributed by atoms with Gasteiger partial charge in [-0.3, -0.25) is 20.2 Å². The van der Waals surface area contributed by atoms with Gasteiger partial charge in [-0.15, -0.1) is 35.3 Å². The highest BCUT2D eigenvalue weighted by molar-refractivity contribution is 8.76. The molecule has 0 radical (unpaired) electrons. The average Bonchev–Trinajstić information content (AvgIpc) is 3.04. The van der Waals surface area contributed by atoms with E-state index in [1.165, 1.54) is 47.0 Å². The standard InChI is InChI=1S/C27H32Cl6N2O7S7/c1-18-2-4-19(5-3-18)49-27(23(35(38)39)21(29)25(32)33)46-15-9-42-11-17-48-47-16-10-41-8-14-45-26(44-13-7-40-6-12-43)22(34(36)37)20(28)24(30)31/h2-5,43H,6-17H2,1H3/b26-22-,27-23-. The lowest BCUT2D eigenvalue weighted by atomic mass is 10.2. The molecule has 0 unspecified atom stereocenters. The van der Waals surface area contributed by atoms with Crippen molar-refractivity contribution in [3.63, 3.8) is 0 Å². The normalized spacial score (nSPS) is 12.3. The predicted molar refractivity (Wildman–Crippen MR) is 223 cm³/mol. The van der Waals surface area contributed by atoms with Crippen LogP contribution in [0.15, 0.2) is 68.1 Å². The molecule has 0 heterocycles. The summed E-state index contributed by atoms with van der Waals surface area (Å²) in [7, 11) is 3.26. The van der Waals surface area contributed by atoms with Crippen LogP contribution in [0.3, 0.4) is 0 Å². The van der Waals surface area contributed by atoms with Crippen molar-refractivity contribution in [1.29, 1.82) is 0 Å². The third-order valence-electron chi connectivity index (χ3n) is 5.05. The Morgan fingerprint density at radius 2 is 1.04 bits per heavy atom. The topological polar surface area (TPSA) is 114 Å². The summed E-state index contributed by atoms with van der Waals surface area (Å²) in [5, 5.41) is 22.9. The molecule has 1 aromatic rings. The maximum atomic E-state index is 11.8. The van der Waals surface area contributed by atoms with E-state index >= 15 is 0 Å². The molecule has 0 atom stereocenters. The van der Waals surface area contributed by atoms with Crippen LogP contribution >= 0.6 is 151 Å². The molecule has 0 N–H and O–H groups in total. The second-order valence-corrected chi connectivity index (χ2v) is 19.3. The van der Waals surface area contributed by atoms with Crippen LogP contribution in [0.1, 0.15) is 5.56 Å². The summed E-state index contributed by atoms with van der Waals surface area (Å²) >= 11 is 44.2. The number of nitro groups is 2. The lowest BCUT2D eigenvalue weighted by Crippen LogP contribution is -2.06. The summed E-state index contributed by atoms with van der Waals surface area (Å²) in [4.78, 5) is 23.1. The van der Waals surface area contributed by atoms with Crippen LogP contribution in [0.4, 0.5) is 0 Å². The fraction of sp³-hybridized carbons (Fsp3) is 0.481. The number of hydrogen-bond donors (Lipinski definition) is 1. The van der Waals surface area contributed by atoms with Crippen molar-refractivity contribution in [2.75, 3.05) is 74.2 Å². The lowest BCUT2D eigenvalue weighted by Gasteiger charge is -2.10. The highest BCUT2D eigenvalue weighted by Gasteiger charge is 2.27. The maximum Gasteiger partial charge on any atom is 0.310 e. The molecule has 0 saturated carbocycles. The summed E-state index contributed by atoms with van der Waals surface area (Å²) in [6.45, 7) is 4.53. The highest BCUT2D eigenvalue weighted by Crippen LogP contribution is 2.42. The van der Waals surface area contributed by atoms with Crippen LogP contribution < -0.4 is 0 Å². The fourth-order valence-corrected chi connectivity index (χ4v) is 10.2. The molecule has 49 heavy (non-hydrogen) atoms. The van der Waals surface area contributed by atoms with Gasteiger partial charge in [0, 0.05) is 39.4 Å². The quantitative estimate of drug-likeness (QED) is 0.0172. The monoisotopic (exact) mass is 930 g/mol. The Labute approximate surface area is 346 Å². The van der Waals surface area contributed by atoms with E-state index < -0.39 is 9.85 Å². The van der Waals surface area contributed by atoms with E-state index in [4.69, 9.17) is 83.8 Å². The molecule has 0 fully saturated rings. The minimum absolute atomic E-state index is 0.325. The number of ether oxygens (including phenoxy) is 3. The molecule has 22 heteroatoms. The van der Waals surface area contributed by atoms with Crippen LogP contribution in [0.2, 0.25) is 0 Å². The van der Waals surface area contributed by atoms with Crippen LogP contribution in [0.5, 0.6) is 0 Å². The number of thioether (sulfide) groups is 4. The summed E-state index contributed by atoms with van der Waals surface area (Å²) in [6.07, 6.45) is 0. The average molecular weight is 934 g/mol. The lowest BCUT2D eigenvalue weighted by molar-refractivity contribution is -0.419. The molecule has 0 saturated heterocycles. The number of hydrogen-bond acceptors (Lipinski definition) is 14. The molecule has 0 aliphatic heterocycles. The smallest absolute Gasteiger partial charge is 0.310 e. The van der Waals surface area contributed by atoms with Crippen molar-refractivity contribution >= 4 is 151 Å². The minimum atomic E-state index is -0.604. The third-order valence-corrected chi connectivity index (χ3v) is 14.1. The largest absolute Gasteiger partial charge is 0.380 e. The van der Waals surface area contributed by atoms with Gasteiger partial charge in [0.15, 0.2) is 10.1 Å². The van der Waals surface area contributed by atoms with Crippen LogP contribution in [-0.4, -0.2) is 84.0 Å². The molecular weight excluding hydrogens is 901 g/mol. The van der Waals surface area contributed by atoms with Crippen molar-refractivity contribution in [2.45, 2.75) is 11.8 Å². The van der Waals surface area contributed by atoms with E-state index in [-0.39, 0.29) is 30.4 Å². The Bertz CT molecular complexity index is 1320. The van der Waals surface area contributed by atoms with E-state index in [1.54, 1.807) is 21.6 Å². The highest BCUT2D eigenvalue weighted by atomic mass is 35.5. The van der Waals surface area contributed by atoms with E-state index in [9.17, 15) is 20.2 Å². The van der Waals surface area contributed by atoms with Gasteiger partial charge < -0.3 is 14.2 Å². The van der Waals surface area contributed by atoms with E-state index in [0.29, 0.717) is 71.1 Å². The first-order valence-electron chi connectivity index (χ1n) is 13.8. The Balaban J connectivity index is 2.43. The molecule has 276 valence electrons. The Hall–Kier alpha value is 1.05. The van der Waals surface area contributed by atoms with Gasteiger partial charge in [0.2, 0.25) is 0 Å². The van der Waals surface area contributed by atoms with E-state index in [0.717, 1.165) is 22.0 Å². The van der Waals surface area contributed by atoms with Crippen LogP contribution in [0.25, 0.3) is 0 Å². The molecule has 0 spiro atoms. The number of halogens is 6. The van der Waals surface area contributed by atoms with Gasteiger partial charge >= 0.3 is 11.4 Å². The zero-order chi connectivity index (χ0) is 36.6. The van der Waals surface area contributed by atoms with Crippen molar-refractivity contribution < 1.29 is 24.1 Å². The number of aryl methyl sites for hydroxylation is 1. The van der Waals surface area contributed by atoms with Gasteiger partial charge in [-0.2, -0.15) is 12.6 Å². The number of allylic oxidation sites excluding steroid dienone is 2. The molecule has 1 aromatic carbocycles. The predicted octanol–water partition coefficient (Wildman–Crippen LogP) is 11.3. The first kappa shape index (κ1) is 48.1. The SMILES string of the molecule is Cc1ccc(S/C(SCCOCCSSCCOCCS/C(SCCOCCS)=C(/C(Cl)=C(Cl)Cl)[N+](=O)[O-])=C(/C(Cl)=C(Cl)Cl)[N+](=O)[O-])cc1. The fourth-order valence-electron chi connectivity index (χ4n) is 2.96. The first-order valence-corrected chi connectivity index (χ1v) is 23.0. The van der Waals surface area contributed by atoms with Crippen molar-refractivity contribution in [1.82, 2.24) is 0 Å². The molecule has 0 aromatic heterocycles. The molecule has 1 rings (SSSR count). The van der Waals surface area contributed by atoms with Gasteiger partial charge in [-0.05, 0) is 19.1 Å². The number of nitrogens with zero attached hydrogens (tertiary/aromatic N) is 2. The van der Waals surface area contributed by atoms with Gasteiger partial charge in [-0.25, -0.2) is 0 Å². The second kappa shape index (κ2) is 29.4. The Morgan fingerprint density at radius 1 is 0.653 bits per heavy atom. The van der Waals surface area contributed by atoms with Crippen LogP contribution in [0, 0.1) is 27.2 Å². The zero-order valence-corrected chi connectivity index (χ0v) is 36.0. The summed E-state index contributed by atoms with van der Waals surface area (Å²) in [6, 6.07) is 7.57. The van der Waals surface area contributed by atoms with Crippen molar-refractivity contribution in [3.05, 3.63) is 89.0 Å². The van der Waals surface area contributed by atoms with Crippen molar-refractivity contribution in [2.24, 2.45) is 0 Å². The summed E-state index contributed by atoms with van der Waals surface area (Å²) in [5.74, 6) is 3.41. The molecule has 0 aliphatic carbocycles. The minimum Gasteiger partial charge on any atom is -0.380 e. The van der Waals surface area contributed by atoms with Gasteiger partial charge in [0.1, 0.15) is 17.5 Å². The maximum absolute atomic E-state index is 11.8. The van der Waals surface area contributed by atoms with Gasteiger partial charge in [-0.1, -0.05) is 121 Å². The first-order chi connectivity index (χ1) is 23.4. The number of thiol groups is 1. The second-order valence-electron chi connectivity index (χ2n) is 8.60. The van der Waals surface area contributed by atoms with E-state index in [2.05, 4.69) is 12.6 Å². The summed E-state index contributed by atoms with van der Waals surface area (Å²) in [5.41, 5.74) is 0.357. The Morgan fingerprint density at radius 3 is 1.45 bits per heavy atom. The molecular formula is C27H32Cl6N2O7S7. The van der Waals surface area contributed by atoms with Crippen LogP contribution in [-0.2, 0) is 14.2 Å². The van der Waals surface area contributed by atoms with Gasteiger partial charge in [0.05, 0.1) is 49.5 Å². The van der Waals surface area contributed by atoms with E-state index in [1.807, 2.05) is 31.2 Å². The molecule has 0 bridgehead atoms. The number of rotatable bonds is 27. The number of benzene rings is 1.